The normalized spacial score (nSPS) is 16.4. The van der Waals surface area contributed by atoms with E-state index < -0.39 is 6.61 Å². The van der Waals surface area contributed by atoms with Crippen molar-refractivity contribution in [1.29, 1.82) is 0 Å². The highest BCUT2D eigenvalue weighted by molar-refractivity contribution is 5.81. The number of nitrogens with one attached hydrogen (secondary N) is 1. The van der Waals surface area contributed by atoms with Crippen LogP contribution in [0.3, 0.4) is 0 Å². The maximum atomic E-state index is 12.5. The minimum Gasteiger partial charge on any atom is -0.454 e. The molecule has 8 heteroatoms. The molecule has 2 aliphatic rings. The Morgan fingerprint density at radius 3 is 2.81 bits per heavy atom. The molecular weight excluding hydrogens is 284 g/mol. The maximum absolute atomic E-state index is 12.5. The van der Waals surface area contributed by atoms with Crippen molar-refractivity contribution in [2.45, 2.75) is 13.2 Å². The van der Waals surface area contributed by atoms with Crippen molar-refractivity contribution in [3.8, 4) is 17.2 Å². The molecule has 0 saturated heterocycles. The van der Waals surface area contributed by atoms with Gasteiger partial charge in [0.1, 0.15) is 5.75 Å². The molecule has 0 radical (unpaired) electrons. The van der Waals surface area contributed by atoms with Gasteiger partial charge in [-0.3, -0.25) is 4.99 Å². The summed E-state index contributed by atoms with van der Waals surface area (Å²) in [7, 11) is 1.91. The average Bonchev–Trinajstić information content (AvgIpc) is 3.04. The smallest absolute Gasteiger partial charge is 0.387 e. The quantitative estimate of drug-likeness (QED) is 0.911. The molecule has 0 aliphatic carbocycles. The number of likely N-dealkylation sites (N-methyl/N-ethyl adjacent to an activating group) is 1. The van der Waals surface area contributed by atoms with E-state index in [4.69, 9.17) is 9.47 Å². The highest BCUT2D eigenvalue weighted by Crippen LogP contribution is 2.38. The van der Waals surface area contributed by atoms with Crippen LogP contribution < -0.4 is 19.5 Å². The van der Waals surface area contributed by atoms with Crippen LogP contribution in [-0.2, 0) is 6.54 Å². The number of alkyl halides is 2. The second-order valence-electron chi connectivity index (χ2n) is 4.67. The molecule has 0 spiro atoms. The van der Waals surface area contributed by atoms with Crippen molar-refractivity contribution in [3.05, 3.63) is 17.7 Å². The van der Waals surface area contributed by atoms with Crippen LogP contribution in [0.2, 0.25) is 0 Å². The molecule has 1 N–H and O–H groups in total. The van der Waals surface area contributed by atoms with Crippen molar-refractivity contribution in [2.24, 2.45) is 4.99 Å². The van der Waals surface area contributed by atoms with Gasteiger partial charge in [-0.25, -0.2) is 0 Å². The van der Waals surface area contributed by atoms with Crippen molar-refractivity contribution >= 4 is 5.96 Å². The second-order valence-corrected chi connectivity index (χ2v) is 4.67. The highest BCUT2D eigenvalue weighted by Gasteiger charge is 2.21. The molecule has 0 unspecified atom stereocenters. The fourth-order valence-electron chi connectivity index (χ4n) is 2.21. The summed E-state index contributed by atoms with van der Waals surface area (Å²) < 4.78 is 40.0. The topological polar surface area (TPSA) is 55.3 Å². The first kappa shape index (κ1) is 13.7. The first-order valence-electron chi connectivity index (χ1n) is 6.50. The molecule has 114 valence electrons. The number of benzene rings is 1. The van der Waals surface area contributed by atoms with Gasteiger partial charge in [-0.05, 0) is 6.07 Å². The molecule has 0 amide bonds. The van der Waals surface area contributed by atoms with Gasteiger partial charge in [-0.2, -0.15) is 8.78 Å². The Bertz CT molecular complexity index is 566. The minimum absolute atomic E-state index is 0.0722. The molecular formula is C13H15F2N3O3. The molecule has 0 fully saturated rings. The number of halogens is 2. The molecule has 1 aromatic carbocycles. The Kier molecular flexibility index (Phi) is 3.68. The fourth-order valence-corrected chi connectivity index (χ4v) is 2.21. The van der Waals surface area contributed by atoms with E-state index in [2.05, 4.69) is 15.0 Å². The number of ether oxygens (including phenoxy) is 3. The zero-order valence-electron chi connectivity index (χ0n) is 11.4. The van der Waals surface area contributed by atoms with E-state index in [1.54, 1.807) is 6.07 Å². The van der Waals surface area contributed by atoms with Crippen molar-refractivity contribution in [2.75, 3.05) is 26.9 Å². The number of nitrogens with zero attached hydrogens (tertiary/aromatic N) is 2. The van der Waals surface area contributed by atoms with Crippen LogP contribution in [0.15, 0.2) is 17.1 Å². The van der Waals surface area contributed by atoms with Crippen molar-refractivity contribution in [1.82, 2.24) is 10.2 Å². The predicted octanol–water partition coefficient (Wildman–Crippen LogP) is 1.41. The third kappa shape index (κ3) is 2.93. The second kappa shape index (κ2) is 5.63. The summed E-state index contributed by atoms with van der Waals surface area (Å²) in [5, 5.41) is 3.11. The van der Waals surface area contributed by atoms with Crippen LogP contribution in [0, 0.1) is 0 Å². The highest BCUT2D eigenvalue weighted by atomic mass is 19.3. The van der Waals surface area contributed by atoms with Gasteiger partial charge >= 0.3 is 6.61 Å². The van der Waals surface area contributed by atoms with Gasteiger partial charge in [0.25, 0.3) is 0 Å². The third-order valence-electron chi connectivity index (χ3n) is 3.27. The van der Waals surface area contributed by atoms with Gasteiger partial charge in [-0.15, -0.1) is 0 Å². The number of hydrogen-bond acceptors (Lipinski definition) is 6. The van der Waals surface area contributed by atoms with Crippen LogP contribution in [0.1, 0.15) is 5.56 Å². The van der Waals surface area contributed by atoms with Crippen LogP contribution in [0.25, 0.3) is 0 Å². The molecule has 0 bridgehead atoms. The number of aliphatic imine (C=N–C) groups is 1. The lowest BCUT2D eigenvalue weighted by Gasteiger charge is -2.17. The van der Waals surface area contributed by atoms with E-state index in [1.165, 1.54) is 6.07 Å². The predicted molar refractivity (Wildman–Crippen MR) is 71.0 cm³/mol. The Labute approximate surface area is 120 Å². The zero-order valence-corrected chi connectivity index (χ0v) is 11.4. The Balaban J connectivity index is 1.78. The summed E-state index contributed by atoms with van der Waals surface area (Å²) >= 11 is 0. The number of rotatable bonds is 4. The Hall–Kier alpha value is -2.25. The Morgan fingerprint density at radius 1 is 1.38 bits per heavy atom. The number of guanidine groups is 1. The van der Waals surface area contributed by atoms with Crippen molar-refractivity contribution in [3.63, 3.8) is 0 Å². The first-order chi connectivity index (χ1) is 10.1. The van der Waals surface area contributed by atoms with Crippen LogP contribution in [0.4, 0.5) is 8.78 Å². The van der Waals surface area contributed by atoms with Gasteiger partial charge in [0.15, 0.2) is 17.5 Å². The fraction of sp³-hybridized carbons (Fsp3) is 0.462. The lowest BCUT2D eigenvalue weighted by molar-refractivity contribution is -0.0505. The molecule has 2 heterocycles. The summed E-state index contributed by atoms with van der Waals surface area (Å²) in [6.45, 7) is -0.947. The standard InChI is InChI=1S/C13H15F2N3O3/c1-18-3-2-16-13(18)17-6-8-4-10-11(20-7-19-10)5-9(8)21-12(14)15/h4-5,12H,2-3,6-7H2,1H3,(H,16,17). The van der Waals surface area contributed by atoms with Gasteiger partial charge in [0.05, 0.1) is 6.54 Å². The summed E-state index contributed by atoms with van der Waals surface area (Å²) in [6, 6.07) is 3.06. The van der Waals surface area contributed by atoms with E-state index in [9.17, 15) is 8.78 Å². The largest absolute Gasteiger partial charge is 0.454 e. The molecule has 0 atom stereocenters. The SMILES string of the molecule is CN1CCN=C1NCc1cc2c(cc1OC(F)F)OCO2. The zero-order chi connectivity index (χ0) is 14.8. The molecule has 3 rings (SSSR count). The molecule has 0 aromatic heterocycles. The monoisotopic (exact) mass is 299 g/mol. The van der Waals surface area contributed by atoms with Gasteiger partial charge in [-0.1, -0.05) is 0 Å². The first-order valence-corrected chi connectivity index (χ1v) is 6.50. The Morgan fingerprint density at radius 2 is 2.14 bits per heavy atom. The van der Waals surface area contributed by atoms with Gasteiger partial charge < -0.3 is 24.4 Å². The maximum Gasteiger partial charge on any atom is 0.387 e. The molecule has 1 aromatic rings. The van der Waals surface area contributed by atoms with E-state index in [-0.39, 0.29) is 12.5 Å². The van der Waals surface area contributed by atoms with Gasteiger partial charge in [0.2, 0.25) is 6.79 Å². The van der Waals surface area contributed by atoms with E-state index in [0.29, 0.717) is 23.6 Å². The lowest BCUT2D eigenvalue weighted by Crippen LogP contribution is -2.35. The van der Waals surface area contributed by atoms with Crippen molar-refractivity contribution < 1.29 is 23.0 Å². The van der Waals surface area contributed by atoms with E-state index in [1.807, 2.05) is 11.9 Å². The van der Waals surface area contributed by atoms with E-state index >= 15 is 0 Å². The molecule has 0 saturated carbocycles. The number of fused-ring (bicyclic) bond motifs is 1. The molecule has 6 nitrogen and oxygen atoms in total. The van der Waals surface area contributed by atoms with Crippen LogP contribution in [-0.4, -0.2) is 44.4 Å². The summed E-state index contributed by atoms with van der Waals surface area (Å²) in [6.07, 6.45) is 0. The average molecular weight is 299 g/mol. The lowest BCUT2D eigenvalue weighted by atomic mass is 10.1. The van der Waals surface area contributed by atoms with Gasteiger partial charge in [0, 0.05) is 31.8 Å². The summed E-state index contributed by atoms with van der Waals surface area (Å²) in [5.74, 6) is 1.73. The van der Waals surface area contributed by atoms with Crippen LogP contribution in [0.5, 0.6) is 17.2 Å². The molecule has 21 heavy (non-hydrogen) atoms. The van der Waals surface area contributed by atoms with E-state index in [0.717, 1.165) is 19.0 Å². The minimum atomic E-state index is -2.89. The van der Waals surface area contributed by atoms with Crippen LogP contribution >= 0.6 is 0 Å². The summed E-state index contributed by atoms with van der Waals surface area (Å²) in [5.41, 5.74) is 0.558. The third-order valence-corrected chi connectivity index (χ3v) is 3.27. The molecule has 2 aliphatic heterocycles. The number of hydrogen-bond donors (Lipinski definition) is 1. The summed E-state index contributed by atoms with van der Waals surface area (Å²) in [4.78, 5) is 6.24.